The van der Waals surface area contributed by atoms with Crippen LogP contribution in [0.5, 0.6) is 0 Å². The van der Waals surface area contributed by atoms with E-state index in [1.54, 1.807) is 12.1 Å². The molecule has 10 heteroatoms. The number of nitrogens with one attached hydrogen (secondary N) is 3. The second-order valence-corrected chi connectivity index (χ2v) is 8.07. The Hall–Kier alpha value is -3.21. The van der Waals surface area contributed by atoms with Crippen LogP contribution in [-0.4, -0.2) is 28.9 Å². The second kappa shape index (κ2) is 9.08. The first-order chi connectivity index (χ1) is 14.5. The first kappa shape index (κ1) is 20.1. The smallest absolute Gasteiger partial charge is 0.259 e. The van der Waals surface area contributed by atoms with E-state index in [2.05, 4.69) is 25.2 Å². The van der Waals surface area contributed by atoms with Crippen molar-refractivity contribution >= 4 is 40.4 Å². The van der Waals surface area contributed by atoms with E-state index < -0.39 is 11.3 Å². The Morgan fingerprint density at radius 3 is 2.43 bits per heavy atom. The summed E-state index contributed by atoms with van der Waals surface area (Å²) in [6.45, 7) is 1.93. The van der Waals surface area contributed by atoms with E-state index in [1.165, 1.54) is 11.8 Å². The quantitative estimate of drug-likeness (QED) is 0.246. The van der Waals surface area contributed by atoms with Crippen LogP contribution in [0.2, 0.25) is 0 Å². The maximum absolute atomic E-state index is 10.9. The Balaban J connectivity index is 1.64. The fourth-order valence-corrected chi connectivity index (χ4v) is 3.81. The minimum absolute atomic E-state index is 0.551. The molecule has 152 valence electrons. The third kappa shape index (κ3) is 5.23. The minimum Gasteiger partial charge on any atom is -0.323 e. The molecular formula is C20H18N6O2S2. The Labute approximate surface area is 180 Å². The standard InChI is InChI=1S/C20H18N6O2S2/c1-13-11-19(25-24-13)22-18-12-17(14-5-3-2-4-6-14)21-20(23-18)29-16-9-7-15(8-10-16)26-30(27)28/h2-12,26H,1H3,(H,27,28)(H2,21,22,23,24,25). The molecule has 4 aromatic rings. The summed E-state index contributed by atoms with van der Waals surface area (Å²) in [5.41, 5.74) is 3.27. The lowest BCUT2D eigenvalue weighted by molar-refractivity contribution is 0.570. The number of aromatic nitrogens is 4. The molecule has 0 aliphatic heterocycles. The Morgan fingerprint density at radius 1 is 1.00 bits per heavy atom. The van der Waals surface area contributed by atoms with Crippen LogP contribution in [0.4, 0.5) is 17.3 Å². The van der Waals surface area contributed by atoms with Crippen LogP contribution in [0.25, 0.3) is 11.3 Å². The molecule has 2 aromatic heterocycles. The first-order valence-corrected chi connectivity index (χ1v) is 10.9. The first-order valence-electron chi connectivity index (χ1n) is 8.94. The predicted molar refractivity (Wildman–Crippen MR) is 119 cm³/mol. The van der Waals surface area contributed by atoms with Crippen LogP contribution in [-0.2, 0) is 11.3 Å². The van der Waals surface area contributed by atoms with Crippen molar-refractivity contribution in [3.8, 4) is 11.3 Å². The van der Waals surface area contributed by atoms with E-state index >= 15 is 0 Å². The summed E-state index contributed by atoms with van der Waals surface area (Å²) < 4.78 is 22.2. The summed E-state index contributed by atoms with van der Waals surface area (Å²) in [7, 11) is 0. The van der Waals surface area contributed by atoms with Crippen molar-refractivity contribution in [3.63, 3.8) is 0 Å². The third-order valence-electron chi connectivity index (χ3n) is 4.01. The lowest BCUT2D eigenvalue weighted by atomic mass is 10.1. The average molecular weight is 439 g/mol. The van der Waals surface area contributed by atoms with Crippen molar-refractivity contribution in [1.29, 1.82) is 0 Å². The Bertz CT molecular complexity index is 1170. The monoisotopic (exact) mass is 438 g/mol. The highest BCUT2D eigenvalue weighted by Crippen LogP contribution is 2.30. The molecule has 0 aliphatic rings. The third-order valence-corrected chi connectivity index (χ3v) is 5.29. The summed E-state index contributed by atoms with van der Waals surface area (Å²) in [5, 5.41) is 10.9. The maximum atomic E-state index is 10.9. The summed E-state index contributed by atoms with van der Waals surface area (Å²) in [4.78, 5) is 10.2. The summed E-state index contributed by atoms with van der Waals surface area (Å²) >= 11 is -0.707. The highest BCUT2D eigenvalue weighted by molar-refractivity contribution is 7.99. The molecule has 0 amide bonds. The summed E-state index contributed by atoms with van der Waals surface area (Å²) in [6, 6.07) is 20.8. The van der Waals surface area contributed by atoms with Gasteiger partial charge in [-0.25, -0.2) is 14.2 Å². The van der Waals surface area contributed by atoms with Gasteiger partial charge in [0, 0.05) is 34.0 Å². The zero-order valence-electron chi connectivity index (χ0n) is 15.9. The van der Waals surface area contributed by atoms with Crippen molar-refractivity contribution in [3.05, 3.63) is 72.4 Å². The Morgan fingerprint density at radius 2 is 1.77 bits per heavy atom. The van der Waals surface area contributed by atoms with E-state index in [1.807, 2.05) is 61.5 Å². The predicted octanol–water partition coefficient (Wildman–Crippen LogP) is 4.62. The molecule has 8 nitrogen and oxygen atoms in total. The van der Waals surface area contributed by atoms with Crippen molar-refractivity contribution in [2.45, 2.75) is 17.0 Å². The van der Waals surface area contributed by atoms with Gasteiger partial charge >= 0.3 is 0 Å². The number of hydrogen-bond acceptors (Lipinski definition) is 6. The maximum Gasteiger partial charge on any atom is 0.259 e. The lowest BCUT2D eigenvalue weighted by Gasteiger charge is -2.09. The average Bonchev–Trinajstić information content (AvgIpc) is 3.14. The normalized spacial score (nSPS) is 11.8. The highest BCUT2D eigenvalue weighted by Gasteiger charge is 2.10. The van der Waals surface area contributed by atoms with Crippen LogP contribution in [0.15, 0.2) is 76.8 Å². The molecule has 1 atom stereocenters. The van der Waals surface area contributed by atoms with Gasteiger partial charge in [0.1, 0.15) is 5.82 Å². The van der Waals surface area contributed by atoms with Gasteiger partial charge in [0.2, 0.25) is 0 Å². The topological polar surface area (TPSA) is 116 Å². The van der Waals surface area contributed by atoms with Crippen molar-refractivity contribution < 1.29 is 8.76 Å². The molecule has 30 heavy (non-hydrogen) atoms. The van der Waals surface area contributed by atoms with Gasteiger partial charge in [0.05, 0.1) is 5.69 Å². The fraction of sp³-hybridized carbons (Fsp3) is 0.0500. The minimum atomic E-state index is -2.10. The summed E-state index contributed by atoms with van der Waals surface area (Å²) in [6.07, 6.45) is 0. The molecule has 1 unspecified atom stereocenters. The van der Waals surface area contributed by atoms with E-state index in [4.69, 9.17) is 9.54 Å². The van der Waals surface area contributed by atoms with E-state index in [0.29, 0.717) is 22.5 Å². The number of hydrogen-bond donors (Lipinski definition) is 4. The van der Waals surface area contributed by atoms with E-state index in [9.17, 15) is 4.21 Å². The van der Waals surface area contributed by atoms with Gasteiger partial charge in [-0.3, -0.25) is 14.4 Å². The number of nitrogens with zero attached hydrogens (tertiary/aromatic N) is 3. The molecule has 0 saturated carbocycles. The molecule has 4 rings (SSSR count). The zero-order chi connectivity index (χ0) is 20.9. The zero-order valence-corrected chi connectivity index (χ0v) is 17.5. The van der Waals surface area contributed by atoms with Crippen molar-refractivity contribution in [2.75, 3.05) is 10.0 Å². The number of anilines is 3. The van der Waals surface area contributed by atoms with Gasteiger partial charge in [-0.1, -0.05) is 30.3 Å². The molecule has 0 fully saturated rings. The van der Waals surface area contributed by atoms with Gasteiger partial charge in [0.25, 0.3) is 11.3 Å². The molecular weight excluding hydrogens is 420 g/mol. The van der Waals surface area contributed by atoms with Crippen LogP contribution in [0.3, 0.4) is 0 Å². The van der Waals surface area contributed by atoms with E-state index in [-0.39, 0.29) is 0 Å². The van der Waals surface area contributed by atoms with Crippen LogP contribution in [0.1, 0.15) is 5.69 Å². The number of aryl methyl sites for hydroxylation is 1. The Kier molecular flexibility index (Phi) is 6.07. The second-order valence-electron chi connectivity index (χ2n) is 6.33. The highest BCUT2D eigenvalue weighted by atomic mass is 32.2. The molecule has 0 bridgehead atoms. The van der Waals surface area contributed by atoms with Gasteiger partial charge in [0.15, 0.2) is 11.0 Å². The molecule has 0 spiro atoms. The van der Waals surface area contributed by atoms with Crippen molar-refractivity contribution in [2.24, 2.45) is 0 Å². The van der Waals surface area contributed by atoms with Crippen LogP contribution < -0.4 is 10.0 Å². The number of benzene rings is 2. The summed E-state index contributed by atoms with van der Waals surface area (Å²) in [5.74, 6) is 1.31. The fourth-order valence-electron chi connectivity index (χ4n) is 2.70. The number of rotatable bonds is 7. The number of aromatic amines is 1. The van der Waals surface area contributed by atoms with Gasteiger partial charge in [-0.05, 0) is 43.0 Å². The number of H-pyrrole nitrogens is 1. The van der Waals surface area contributed by atoms with Crippen LogP contribution in [0, 0.1) is 6.92 Å². The van der Waals surface area contributed by atoms with Gasteiger partial charge in [-0.2, -0.15) is 5.10 Å². The molecule has 4 N–H and O–H groups in total. The molecule has 0 aliphatic carbocycles. The lowest BCUT2D eigenvalue weighted by Crippen LogP contribution is -2.01. The largest absolute Gasteiger partial charge is 0.323 e. The van der Waals surface area contributed by atoms with Gasteiger partial charge in [-0.15, -0.1) is 0 Å². The van der Waals surface area contributed by atoms with E-state index in [0.717, 1.165) is 21.8 Å². The van der Waals surface area contributed by atoms with Crippen LogP contribution >= 0.6 is 11.8 Å². The molecule has 2 aromatic carbocycles. The SMILES string of the molecule is Cc1cc(Nc2cc(-c3ccccc3)nc(Sc3ccc(NS(=O)O)cc3)n2)n[nH]1. The van der Waals surface area contributed by atoms with Gasteiger partial charge < -0.3 is 5.32 Å². The molecule has 0 radical (unpaired) electrons. The molecule has 2 heterocycles. The van der Waals surface area contributed by atoms with Crippen molar-refractivity contribution in [1.82, 2.24) is 20.2 Å². The molecule has 0 saturated heterocycles.